The van der Waals surface area contributed by atoms with E-state index in [2.05, 4.69) is 20.7 Å². The number of nitrogens with two attached hydrogens (primary N) is 1. The normalized spacial score (nSPS) is 13.6. The van der Waals surface area contributed by atoms with Gasteiger partial charge in [0.15, 0.2) is 0 Å². The van der Waals surface area contributed by atoms with E-state index in [1.54, 1.807) is 12.1 Å². The first-order valence-electron chi connectivity index (χ1n) is 12.6. The van der Waals surface area contributed by atoms with Crippen LogP contribution in [0.25, 0.3) is 11.1 Å². The summed E-state index contributed by atoms with van der Waals surface area (Å²) >= 11 is 0. The number of benzene rings is 2. The average Bonchev–Trinajstić information content (AvgIpc) is 3.48. The maximum atomic E-state index is 14.2. The molecule has 42 heavy (non-hydrogen) atoms. The molecule has 0 bridgehead atoms. The highest BCUT2D eigenvalue weighted by atomic mass is 19.4. The minimum Gasteiger partial charge on any atom is -0.366 e. The maximum Gasteiger partial charge on any atom is 0.433 e. The van der Waals surface area contributed by atoms with Crippen molar-refractivity contribution in [3.05, 3.63) is 106 Å². The molecule has 0 saturated carbocycles. The summed E-state index contributed by atoms with van der Waals surface area (Å²) in [5.74, 6) is -4.62. The molecule has 14 heteroatoms. The number of halogens is 6. The summed E-state index contributed by atoms with van der Waals surface area (Å²) in [6.45, 7) is -0.757. The molecule has 1 atom stereocenters. The van der Waals surface area contributed by atoms with Gasteiger partial charge in [-0.1, -0.05) is 12.1 Å². The third kappa shape index (κ3) is 5.98. The van der Waals surface area contributed by atoms with Crippen molar-refractivity contribution < 1.29 is 35.9 Å². The molecule has 2 aromatic heterocycles. The topological polar surface area (TPSA) is 115 Å². The number of amides is 2. The molecule has 0 aliphatic carbocycles. The largest absolute Gasteiger partial charge is 0.433 e. The number of primary amides is 1. The van der Waals surface area contributed by atoms with Crippen LogP contribution in [0.3, 0.4) is 0 Å². The number of aromatic nitrogens is 3. The fraction of sp³-hybridized carbons (Fsp3) is 0.214. The molecule has 0 saturated heterocycles. The minimum atomic E-state index is -4.78. The number of rotatable bonds is 8. The molecule has 4 N–H and O–H groups in total. The molecule has 3 heterocycles. The number of hydrogen-bond donors (Lipinski definition) is 3. The lowest BCUT2D eigenvalue weighted by atomic mass is 9.95. The van der Waals surface area contributed by atoms with Crippen LogP contribution in [-0.2, 0) is 37.0 Å². The van der Waals surface area contributed by atoms with Gasteiger partial charge < -0.3 is 16.4 Å². The molecule has 2 aromatic carbocycles. The van der Waals surface area contributed by atoms with Crippen LogP contribution in [0.15, 0.2) is 54.7 Å². The van der Waals surface area contributed by atoms with Crippen LogP contribution in [0.4, 0.5) is 26.3 Å². The first kappa shape index (κ1) is 28.8. The van der Waals surface area contributed by atoms with Crippen molar-refractivity contribution in [2.45, 2.75) is 38.3 Å². The number of alkyl halides is 3. The molecule has 4 aromatic rings. The van der Waals surface area contributed by atoms with Crippen molar-refractivity contribution in [3.63, 3.8) is 0 Å². The van der Waals surface area contributed by atoms with Crippen molar-refractivity contribution >= 4 is 11.8 Å². The zero-order valence-corrected chi connectivity index (χ0v) is 21.6. The lowest BCUT2D eigenvalue weighted by Gasteiger charge is -2.21. The van der Waals surface area contributed by atoms with Crippen molar-refractivity contribution in [2.24, 2.45) is 5.73 Å². The first-order chi connectivity index (χ1) is 19.9. The summed E-state index contributed by atoms with van der Waals surface area (Å²) in [6, 6.07) is 8.23. The number of carbonyl (C=O) groups excluding carboxylic acids is 2. The second-order valence-corrected chi connectivity index (χ2v) is 9.62. The Morgan fingerprint density at radius 2 is 1.79 bits per heavy atom. The number of pyridine rings is 1. The van der Waals surface area contributed by atoms with Gasteiger partial charge in [-0.25, -0.2) is 13.2 Å². The first-order valence-corrected chi connectivity index (χ1v) is 12.6. The van der Waals surface area contributed by atoms with E-state index < -0.39 is 53.7 Å². The van der Waals surface area contributed by atoms with E-state index in [1.807, 2.05) is 0 Å². The van der Waals surface area contributed by atoms with Crippen molar-refractivity contribution in [2.75, 3.05) is 0 Å². The molecule has 0 radical (unpaired) electrons. The van der Waals surface area contributed by atoms with Crippen LogP contribution in [-0.4, -0.2) is 26.6 Å². The number of fused-ring (bicyclic) bond motifs is 1. The van der Waals surface area contributed by atoms with E-state index in [4.69, 9.17) is 5.73 Å². The Labute approximate surface area is 234 Å². The van der Waals surface area contributed by atoms with Gasteiger partial charge in [0, 0.05) is 42.9 Å². The van der Waals surface area contributed by atoms with Gasteiger partial charge in [0.1, 0.15) is 29.7 Å². The zero-order chi connectivity index (χ0) is 30.2. The summed E-state index contributed by atoms with van der Waals surface area (Å²) < 4.78 is 84.6. The molecule has 218 valence electrons. The second-order valence-electron chi connectivity index (χ2n) is 9.62. The molecule has 0 spiro atoms. The Morgan fingerprint density at radius 1 is 1.05 bits per heavy atom. The number of hydrogen-bond acceptors (Lipinski definition) is 5. The van der Waals surface area contributed by atoms with E-state index in [9.17, 15) is 35.9 Å². The van der Waals surface area contributed by atoms with Gasteiger partial charge in [0.05, 0.1) is 23.0 Å². The Morgan fingerprint density at radius 3 is 2.48 bits per heavy atom. The van der Waals surface area contributed by atoms with Crippen molar-refractivity contribution in [3.8, 4) is 11.1 Å². The van der Waals surface area contributed by atoms with Crippen LogP contribution < -0.4 is 16.4 Å². The average molecular weight is 589 g/mol. The molecule has 0 fully saturated rings. The third-order valence-corrected chi connectivity index (χ3v) is 6.74. The smallest absolute Gasteiger partial charge is 0.366 e. The summed E-state index contributed by atoms with van der Waals surface area (Å²) in [6.07, 6.45) is -3.54. The number of nitrogens with one attached hydrogen (secondary N) is 2. The van der Waals surface area contributed by atoms with Gasteiger partial charge in [-0.3, -0.25) is 19.3 Å². The molecule has 1 unspecified atom stereocenters. The maximum absolute atomic E-state index is 14.2. The molecular weight excluding hydrogens is 566 g/mol. The van der Waals surface area contributed by atoms with Crippen LogP contribution in [0.5, 0.6) is 0 Å². The Balaban J connectivity index is 1.49. The van der Waals surface area contributed by atoms with E-state index in [1.165, 1.54) is 18.3 Å². The quantitative estimate of drug-likeness (QED) is 0.267. The summed E-state index contributed by atoms with van der Waals surface area (Å²) in [5.41, 5.74) is 4.96. The highest BCUT2D eigenvalue weighted by Crippen LogP contribution is 2.35. The fourth-order valence-electron chi connectivity index (χ4n) is 4.96. The lowest BCUT2D eigenvalue weighted by molar-refractivity contribution is -0.145. The van der Waals surface area contributed by atoms with Gasteiger partial charge in [0.2, 0.25) is 5.91 Å². The van der Waals surface area contributed by atoms with Crippen LogP contribution in [0, 0.1) is 17.5 Å². The van der Waals surface area contributed by atoms with Crippen molar-refractivity contribution in [1.29, 1.82) is 0 Å². The van der Waals surface area contributed by atoms with Gasteiger partial charge in [0.25, 0.3) is 5.91 Å². The van der Waals surface area contributed by atoms with E-state index >= 15 is 0 Å². The summed E-state index contributed by atoms with van der Waals surface area (Å²) in [5, 5.41) is 9.28. The highest BCUT2D eigenvalue weighted by molar-refractivity contribution is 5.94. The third-order valence-electron chi connectivity index (χ3n) is 6.74. The fourth-order valence-corrected chi connectivity index (χ4v) is 4.96. The minimum absolute atomic E-state index is 0.0161. The van der Waals surface area contributed by atoms with Gasteiger partial charge >= 0.3 is 6.18 Å². The van der Waals surface area contributed by atoms with Crippen LogP contribution >= 0.6 is 0 Å². The SMILES string of the molecule is NC(=O)c1cc(-c2cccnc2CC(NC(=O)Cn2nc3c(c2C(F)(F)F)CNC3)c2cc(F)cc(F)c2)ccc1F. The standard InChI is InChI=1S/C28H22F6N6O2/c29-16-6-15(7-17(30)9-16)22(38-25(41)13-40-26(28(32,33)34)20-11-36-12-24(20)39-40)10-23-18(2-1-5-37-23)14-3-4-21(31)19(8-14)27(35)42/h1-9,22,36H,10-13H2,(H2,35,42)(H,38,41). The lowest BCUT2D eigenvalue weighted by Crippen LogP contribution is -2.34. The Hall–Kier alpha value is -4.72. The van der Waals surface area contributed by atoms with Gasteiger partial charge in [-0.15, -0.1) is 0 Å². The van der Waals surface area contributed by atoms with Crippen LogP contribution in [0.2, 0.25) is 0 Å². The van der Waals surface area contributed by atoms with E-state index in [0.29, 0.717) is 21.9 Å². The summed E-state index contributed by atoms with van der Waals surface area (Å²) in [4.78, 5) is 29.1. The molecule has 8 nitrogen and oxygen atoms in total. The van der Waals surface area contributed by atoms with E-state index in [0.717, 1.165) is 18.2 Å². The second kappa shape index (κ2) is 11.3. The van der Waals surface area contributed by atoms with E-state index in [-0.39, 0.29) is 47.6 Å². The molecule has 1 aliphatic rings. The predicted molar refractivity (Wildman–Crippen MR) is 137 cm³/mol. The molecule has 2 amide bonds. The Bertz CT molecular complexity index is 1670. The number of nitrogens with zero attached hydrogens (tertiary/aromatic N) is 3. The highest BCUT2D eigenvalue weighted by Gasteiger charge is 2.41. The Kier molecular flexibility index (Phi) is 7.73. The predicted octanol–water partition coefficient (Wildman–Crippen LogP) is 4.18. The monoisotopic (exact) mass is 588 g/mol. The molecular formula is C28H22F6N6O2. The number of carbonyl (C=O) groups is 2. The van der Waals surface area contributed by atoms with Gasteiger partial charge in [-0.05, 0) is 41.5 Å². The summed E-state index contributed by atoms with van der Waals surface area (Å²) in [7, 11) is 0. The molecule has 5 rings (SSSR count). The zero-order valence-electron chi connectivity index (χ0n) is 21.6. The van der Waals surface area contributed by atoms with Gasteiger partial charge in [-0.2, -0.15) is 18.3 Å². The molecule has 1 aliphatic heterocycles. The van der Waals surface area contributed by atoms with Crippen molar-refractivity contribution in [1.82, 2.24) is 25.4 Å². The van der Waals surface area contributed by atoms with Crippen LogP contribution in [0.1, 0.15) is 44.6 Å².